The summed E-state index contributed by atoms with van der Waals surface area (Å²) in [4.78, 5) is 13.8. The molecular formula is C17H16Cl2N6O2S. The Bertz CT molecular complexity index is 1020. The molecular weight excluding hydrogens is 423 g/mol. The topological polar surface area (TPSA) is 97.9 Å². The number of hydrogen-bond acceptors (Lipinski definition) is 6. The fourth-order valence-electron chi connectivity index (χ4n) is 2.29. The fraction of sp³-hybridized carbons (Fsp3) is 0.235. The number of furan rings is 1. The van der Waals surface area contributed by atoms with Gasteiger partial charge in [0, 0.05) is 10.6 Å². The van der Waals surface area contributed by atoms with Crippen LogP contribution in [0.4, 0.5) is 5.95 Å². The lowest BCUT2D eigenvalue weighted by Gasteiger charge is -2.05. The molecule has 0 saturated heterocycles. The Kier molecular flexibility index (Phi) is 6.28. The highest BCUT2D eigenvalue weighted by molar-refractivity contribution is 7.80. The molecule has 1 amide bonds. The van der Waals surface area contributed by atoms with E-state index in [2.05, 4.69) is 26.0 Å². The standard InChI is InChI=1S/C17H16Cl2N6O2S/c1-9(2)8-25-23-16(22-24-25)21-17(28)20-15(26)14-6-5-13(27-14)11-4-3-10(18)7-12(11)19/h3-7,9H,8H2,1-2H3,(H2,20,21,23,26,28). The first-order chi connectivity index (χ1) is 13.3. The number of amides is 1. The van der Waals surface area contributed by atoms with Crippen molar-refractivity contribution < 1.29 is 9.21 Å². The van der Waals surface area contributed by atoms with Gasteiger partial charge in [0.25, 0.3) is 11.9 Å². The third-order valence-corrected chi connectivity index (χ3v) is 4.21. The quantitative estimate of drug-likeness (QED) is 0.580. The summed E-state index contributed by atoms with van der Waals surface area (Å²) >= 11 is 17.2. The molecule has 0 bridgehead atoms. The highest BCUT2D eigenvalue weighted by Gasteiger charge is 2.16. The monoisotopic (exact) mass is 438 g/mol. The number of tetrazole rings is 1. The summed E-state index contributed by atoms with van der Waals surface area (Å²) in [5, 5.41) is 18.0. The van der Waals surface area contributed by atoms with Gasteiger partial charge in [-0.2, -0.15) is 4.80 Å². The SMILES string of the molecule is CC(C)Cn1nnc(NC(=S)NC(=O)c2ccc(-c3ccc(Cl)cc3Cl)o2)n1. The van der Waals surface area contributed by atoms with Crippen LogP contribution in [0.5, 0.6) is 0 Å². The summed E-state index contributed by atoms with van der Waals surface area (Å²) in [7, 11) is 0. The first-order valence-corrected chi connectivity index (χ1v) is 9.43. The number of carbonyl (C=O) groups is 1. The molecule has 3 rings (SSSR count). The van der Waals surface area contributed by atoms with Crippen LogP contribution >= 0.6 is 35.4 Å². The molecule has 2 heterocycles. The molecule has 0 fully saturated rings. The maximum Gasteiger partial charge on any atom is 0.293 e. The van der Waals surface area contributed by atoms with Gasteiger partial charge >= 0.3 is 0 Å². The second-order valence-corrected chi connectivity index (χ2v) is 7.51. The van der Waals surface area contributed by atoms with Crippen LogP contribution in [-0.4, -0.2) is 31.2 Å². The number of hydrogen-bond donors (Lipinski definition) is 2. The maximum atomic E-state index is 12.3. The van der Waals surface area contributed by atoms with Crippen molar-refractivity contribution >= 4 is 52.4 Å². The summed E-state index contributed by atoms with van der Waals surface area (Å²) in [6.45, 7) is 4.70. The summed E-state index contributed by atoms with van der Waals surface area (Å²) in [6.07, 6.45) is 0. The van der Waals surface area contributed by atoms with Crippen LogP contribution in [0.15, 0.2) is 34.7 Å². The lowest BCUT2D eigenvalue weighted by atomic mass is 10.2. The largest absolute Gasteiger partial charge is 0.451 e. The zero-order valence-corrected chi connectivity index (χ0v) is 17.3. The van der Waals surface area contributed by atoms with Crippen molar-refractivity contribution in [2.24, 2.45) is 5.92 Å². The number of nitrogens with one attached hydrogen (secondary N) is 2. The Morgan fingerprint density at radius 2 is 2.07 bits per heavy atom. The van der Waals surface area contributed by atoms with Crippen molar-refractivity contribution in [2.45, 2.75) is 20.4 Å². The Labute approximate surface area is 176 Å². The van der Waals surface area contributed by atoms with Gasteiger partial charge in [-0.1, -0.05) is 42.1 Å². The zero-order chi connectivity index (χ0) is 20.3. The highest BCUT2D eigenvalue weighted by atomic mass is 35.5. The number of thiocarbonyl (C=S) groups is 1. The smallest absolute Gasteiger partial charge is 0.293 e. The lowest BCUT2D eigenvalue weighted by molar-refractivity contribution is 0.0951. The minimum absolute atomic E-state index is 0.0246. The van der Waals surface area contributed by atoms with Gasteiger partial charge in [-0.25, -0.2) is 0 Å². The number of carbonyl (C=O) groups excluding carboxylic acids is 1. The minimum Gasteiger partial charge on any atom is -0.451 e. The molecule has 3 aromatic rings. The molecule has 11 heteroatoms. The zero-order valence-electron chi connectivity index (χ0n) is 14.9. The molecule has 2 N–H and O–H groups in total. The van der Waals surface area contributed by atoms with Crippen LogP contribution in [0.3, 0.4) is 0 Å². The Balaban J connectivity index is 1.62. The number of anilines is 1. The molecule has 0 aliphatic heterocycles. The van der Waals surface area contributed by atoms with E-state index in [9.17, 15) is 4.79 Å². The predicted octanol–water partition coefficient (Wildman–Crippen LogP) is 4.02. The minimum atomic E-state index is -0.525. The Morgan fingerprint density at radius 1 is 1.29 bits per heavy atom. The second kappa shape index (κ2) is 8.68. The number of nitrogens with zero attached hydrogens (tertiary/aromatic N) is 4. The molecule has 0 spiro atoms. The summed E-state index contributed by atoms with van der Waals surface area (Å²) < 4.78 is 5.58. The molecule has 8 nitrogen and oxygen atoms in total. The fourth-order valence-corrected chi connectivity index (χ4v) is 2.97. The van der Waals surface area contributed by atoms with Gasteiger partial charge in [-0.15, -0.1) is 5.10 Å². The average Bonchev–Trinajstić information content (AvgIpc) is 3.24. The van der Waals surface area contributed by atoms with E-state index in [1.807, 2.05) is 13.8 Å². The van der Waals surface area contributed by atoms with Crippen LogP contribution in [-0.2, 0) is 6.54 Å². The van der Waals surface area contributed by atoms with E-state index in [4.69, 9.17) is 39.8 Å². The molecule has 146 valence electrons. The lowest BCUT2D eigenvalue weighted by Crippen LogP contribution is -2.34. The van der Waals surface area contributed by atoms with Crippen LogP contribution < -0.4 is 10.6 Å². The van der Waals surface area contributed by atoms with Crippen LogP contribution in [0.1, 0.15) is 24.4 Å². The van der Waals surface area contributed by atoms with Gasteiger partial charge in [-0.3, -0.25) is 15.4 Å². The molecule has 0 atom stereocenters. The van der Waals surface area contributed by atoms with Crippen molar-refractivity contribution in [1.29, 1.82) is 0 Å². The van der Waals surface area contributed by atoms with Gasteiger partial charge in [0.15, 0.2) is 10.9 Å². The molecule has 0 aliphatic rings. The molecule has 0 unspecified atom stereocenters. The van der Waals surface area contributed by atoms with E-state index in [1.165, 1.54) is 10.9 Å². The third-order valence-electron chi connectivity index (χ3n) is 3.46. The average molecular weight is 439 g/mol. The third kappa shape index (κ3) is 5.06. The molecule has 0 radical (unpaired) electrons. The summed E-state index contributed by atoms with van der Waals surface area (Å²) in [6, 6.07) is 8.15. The van der Waals surface area contributed by atoms with E-state index in [1.54, 1.807) is 24.3 Å². The first-order valence-electron chi connectivity index (χ1n) is 8.27. The molecule has 28 heavy (non-hydrogen) atoms. The highest BCUT2D eigenvalue weighted by Crippen LogP contribution is 2.31. The number of rotatable bonds is 5. The number of benzene rings is 1. The molecule has 2 aromatic heterocycles. The molecule has 0 saturated carbocycles. The number of aromatic nitrogens is 4. The van der Waals surface area contributed by atoms with Gasteiger partial charge in [-0.05, 0) is 53.7 Å². The Morgan fingerprint density at radius 3 is 2.79 bits per heavy atom. The van der Waals surface area contributed by atoms with Crippen molar-refractivity contribution in [3.63, 3.8) is 0 Å². The molecule has 1 aromatic carbocycles. The second-order valence-electron chi connectivity index (χ2n) is 6.26. The van der Waals surface area contributed by atoms with Crippen LogP contribution in [0.25, 0.3) is 11.3 Å². The predicted molar refractivity (Wildman–Crippen MR) is 111 cm³/mol. The van der Waals surface area contributed by atoms with Gasteiger partial charge in [0.05, 0.1) is 11.6 Å². The van der Waals surface area contributed by atoms with Crippen LogP contribution in [0, 0.1) is 5.92 Å². The van der Waals surface area contributed by atoms with Gasteiger partial charge < -0.3 is 4.42 Å². The van der Waals surface area contributed by atoms with E-state index in [0.29, 0.717) is 33.8 Å². The summed E-state index contributed by atoms with van der Waals surface area (Å²) in [5.74, 6) is 0.545. The molecule has 0 aliphatic carbocycles. The Hall–Kier alpha value is -2.49. The van der Waals surface area contributed by atoms with E-state index < -0.39 is 5.91 Å². The van der Waals surface area contributed by atoms with E-state index in [-0.39, 0.29) is 16.8 Å². The van der Waals surface area contributed by atoms with Crippen molar-refractivity contribution in [3.05, 3.63) is 46.1 Å². The number of halogens is 2. The van der Waals surface area contributed by atoms with Gasteiger partial charge in [0.2, 0.25) is 0 Å². The first kappa shape index (κ1) is 20.2. The van der Waals surface area contributed by atoms with Crippen molar-refractivity contribution in [3.8, 4) is 11.3 Å². The summed E-state index contributed by atoms with van der Waals surface area (Å²) in [5.41, 5.74) is 0.622. The van der Waals surface area contributed by atoms with Gasteiger partial charge in [0.1, 0.15) is 5.76 Å². The van der Waals surface area contributed by atoms with E-state index in [0.717, 1.165) is 0 Å². The van der Waals surface area contributed by atoms with Crippen molar-refractivity contribution in [2.75, 3.05) is 5.32 Å². The maximum absolute atomic E-state index is 12.3. The van der Waals surface area contributed by atoms with E-state index >= 15 is 0 Å². The van der Waals surface area contributed by atoms with Crippen LogP contribution in [0.2, 0.25) is 10.0 Å². The normalized spacial score (nSPS) is 10.9. The van der Waals surface area contributed by atoms with Crippen molar-refractivity contribution in [1.82, 2.24) is 25.5 Å².